The number of halogens is 2. The third-order valence-electron chi connectivity index (χ3n) is 5.68. The van der Waals surface area contributed by atoms with Crippen molar-refractivity contribution in [2.75, 3.05) is 13.2 Å². The zero-order valence-corrected chi connectivity index (χ0v) is 22.2. The molecule has 184 valence electrons. The summed E-state index contributed by atoms with van der Waals surface area (Å²) in [6.07, 6.45) is 2.23. The van der Waals surface area contributed by atoms with E-state index in [1.54, 1.807) is 30.5 Å². The Kier molecular flexibility index (Phi) is 7.98. The lowest BCUT2D eigenvalue weighted by atomic mass is 10.0. The molecule has 10 heteroatoms. The zero-order valence-electron chi connectivity index (χ0n) is 19.3. The summed E-state index contributed by atoms with van der Waals surface area (Å²) in [5, 5.41) is 12.3. The minimum atomic E-state index is -0.802. The molecule has 2 heterocycles. The number of aliphatic hydroxyl groups excluding tert-OH is 1. The van der Waals surface area contributed by atoms with Gasteiger partial charge in [-0.3, -0.25) is 9.69 Å². The van der Waals surface area contributed by atoms with E-state index < -0.39 is 18.1 Å². The number of hydrogen-bond donors (Lipinski definition) is 3. The third kappa shape index (κ3) is 5.62. The molecule has 8 nitrogen and oxygen atoms in total. The van der Waals surface area contributed by atoms with Crippen LogP contribution in [0.3, 0.4) is 0 Å². The van der Waals surface area contributed by atoms with Gasteiger partial charge in [0.25, 0.3) is 5.91 Å². The van der Waals surface area contributed by atoms with E-state index >= 15 is 0 Å². The first-order valence-corrected chi connectivity index (χ1v) is 12.7. The fourth-order valence-electron chi connectivity index (χ4n) is 4.07. The van der Waals surface area contributed by atoms with Gasteiger partial charge < -0.3 is 20.1 Å². The number of H-pyrrole nitrogens is 1. The fourth-order valence-corrected chi connectivity index (χ4v) is 5.03. The van der Waals surface area contributed by atoms with Crippen LogP contribution in [0.4, 0.5) is 4.79 Å². The number of aromatic amines is 1. The van der Waals surface area contributed by atoms with Crippen LogP contribution in [0.15, 0.2) is 48.7 Å². The predicted octanol–water partition coefficient (Wildman–Crippen LogP) is 5.09. The van der Waals surface area contributed by atoms with Crippen molar-refractivity contribution >= 4 is 46.1 Å². The fraction of sp³-hybridized carbons (Fsp3) is 0.320. The Morgan fingerprint density at radius 1 is 1.20 bits per heavy atom. The van der Waals surface area contributed by atoms with Crippen molar-refractivity contribution in [2.24, 2.45) is 5.92 Å². The highest BCUT2D eigenvalue weighted by Crippen LogP contribution is 2.35. The Balaban J connectivity index is 1.60. The van der Waals surface area contributed by atoms with Crippen LogP contribution in [0.1, 0.15) is 43.7 Å². The molecule has 2 atom stereocenters. The molecule has 35 heavy (non-hydrogen) atoms. The van der Waals surface area contributed by atoms with Gasteiger partial charge in [0.05, 0.1) is 29.6 Å². The molecule has 0 bridgehead atoms. The number of nitrogens with one attached hydrogen (secondary N) is 2. The second kappa shape index (κ2) is 11.0. The van der Waals surface area contributed by atoms with Crippen LogP contribution >= 0.6 is 34.2 Å². The van der Waals surface area contributed by atoms with Gasteiger partial charge in [0.1, 0.15) is 24.2 Å². The molecule has 0 unspecified atom stereocenters. The van der Waals surface area contributed by atoms with Gasteiger partial charge in [0.15, 0.2) is 0 Å². The Hall–Kier alpha value is -2.63. The first kappa shape index (κ1) is 25.5. The largest absolute Gasteiger partial charge is 0.491 e. The van der Waals surface area contributed by atoms with Crippen molar-refractivity contribution in [3.63, 3.8) is 0 Å². The summed E-state index contributed by atoms with van der Waals surface area (Å²) in [7, 11) is 0. The summed E-state index contributed by atoms with van der Waals surface area (Å²) in [5.41, 5.74) is 2.17. The van der Waals surface area contributed by atoms with E-state index in [0.29, 0.717) is 28.6 Å². The summed E-state index contributed by atoms with van der Waals surface area (Å²) in [5.74, 6) is 0.972. The molecule has 0 saturated carbocycles. The number of ether oxygens (including phenoxy) is 1. The summed E-state index contributed by atoms with van der Waals surface area (Å²) in [4.78, 5) is 35.6. The molecule has 0 aliphatic carbocycles. The second-order valence-corrected chi connectivity index (χ2v) is 10.3. The summed E-state index contributed by atoms with van der Waals surface area (Å²) >= 11 is 8.63. The topological polar surface area (TPSA) is 108 Å². The molecular weight excluding hydrogens is 583 g/mol. The number of aliphatic hydroxyl groups is 1. The third-order valence-corrected chi connectivity index (χ3v) is 6.67. The highest BCUT2D eigenvalue weighted by Gasteiger charge is 2.44. The summed E-state index contributed by atoms with van der Waals surface area (Å²) < 4.78 is 6.40. The number of hydrogen-bond acceptors (Lipinski definition) is 5. The maximum Gasteiger partial charge on any atom is 0.325 e. The molecule has 1 aliphatic heterocycles. The van der Waals surface area contributed by atoms with Gasteiger partial charge in [-0.1, -0.05) is 43.6 Å². The minimum Gasteiger partial charge on any atom is -0.491 e. The highest BCUT2D eigenvalue weighted by molar-refractivity contribution is 14.1. The first-order chi connectivity index (χ1) is 16.8. The van der Waals surface area contributed by atoms with Gasteiger partial charge in [-0.05, 0) is 64.8 Å². The molecule has 1 aliphatic rings. The lowest BCUT2D eigenvalue weighted by Crippen LogP contribution is -2.36. The van der Waals surface area contributed by atoms with Crippen molar-refractivity contribution in [1.29, 1.82) is 0 Å². The van der Waals surface area contributed by atoms with E-state index in [2.05, 4.69) is 37.9 Å². The normalized spacial score (nSPS) is 16.6. The van der Waals surface area contributed by atoms with Gasteiger partial charge in [-0.25, -0.2) is 9.78 Å². The molecular formula is C25H26ClIN4O4. The van der Waals surface area contributed by atoms with Gasteiger partial charge in [-0.2, -0.15) is 0 Å². The van der Waals surface area contributed by atoms with E-state index in [1.807, 2.05) is 32.0 Å². The van der Waals surface area contributed by atoms with Crippen molar-refractivity contribution in [3.8, 4) is 17.0 Å². The lowest BCUT2D eigenvalue weighted by Gasteiger charge is -2.25. The molecule has 3 aromatic rings. The van der Waals surface area contributed by atoms with Crippen molar-refractivity contribution in [3.05, 3.63) is 68.6 Å². The van der Waals surface area contributed by atoms with E-state index in [4.69, 9.17) is 21.4 Å². The number of urea groups is 1. The van der Waals surface area contributed by atoms with Crippen LogP contribution in [-0.2, 0) is 4.79 Å². The molecule has 0 spiro atoms. The van der Waals surface area contributed by atoms with Gasteiger partial charge in [0.2, 0.25) is 0 Å². The van der Waals surface area contributed by atoms with Crippen LogP contribution in [0.5, 0.6) is 5.75 Å². The molecule has 0 radical (unpaired) electrons. The SMILES string of the molecule is CC(C)C[C@@H](c1ncc(-c2ccc(I)cc2Cl)[nH]1)N1C(=O)N[C@H](c2ccc(OCCO)cc2)C1=O. The number of nitrogens with zero attached hydrogens (tertiary/aromatic N) is 2. The smallest absolute Gasteiger partial charge is 0.325 e. The number of imidazole rings is 1. The second-order valence-electron chi connectivity index (χ2n) is 8.68. The quantitative estimate of drug-likeness (QED) is 0.232. The Bertz CT molecular complexity index is 1210. The standard InChI is InChI=1S/C25H26ClIN4O4/c1-14(2)11-21(23-28-13-20(29-23)18-8-5-16(27)12-19(18)26)31-24(33)22(30-25(31)34)15-3-6-17(7-4-15)35-10-9-32/h3-8,12-14,21-22,32H,9-11H2,1-2H3,(H,28,29)(H,30,34)/t21-,22+/m0/s1. The minimum absolute atomic E-state index is 0.0879. The average Bonchev–Trinajstić information content (AvgIpc) is 3.41. The van der Waals surface area contributed by atoms with E-state index in [0.717, 1.165) is 14.8 Å². The molecule has 4 rings (SSSR count). The number of rotatable bonds is 9. The predicted molar refractivity (Wildman–Crippen MR) is 141 cm³/mol. The van der Waals surface area contributed by atoms with E-state index in [-0.39, 0.29) is 25.0 Å². The highest BCUT2D eigenvalue weighted by atomic mass is 127. The number of amides is 3. The number of carbonyl (C=O) groups excluding carboxylic acids is 2. The molecule has 1 fully saturated rings. The van der Waals surface area contributed by atoms with E-state index in [9.17, 15) is 9.59 Å². The molecule has 3 amide bonds. The molecule has 2 aromatic carbocycles. The van der Waals surface area contributed by atoms with Crippen LogP contribution < -0.4 is 10.1 Å². The maximum atomic E-state index is 13.5. The lowest BCUT2D eigenvalue weighted by molar-refractivity contribution is -0.129. The van der Waals surface area contributed by atoms with Crippen LogP contribution in [0.2, 0.25) is 5.02 Å². The maximum absolute atomic E-state index is 13.5. The average molecular weight is 609 g/mol. The Morgan fingerprint density at radius 2 is 1.94 bits per heavy atom. The monoisotopic (exact) mass is 608 g/mol. The van der Waals surface area contributed by atoms with Gasteiger partial charge in [0, 0.05) is 9.13 Å². The van der Waals surface area contributed by atoms with Crippen molar-refractivity contribution < 1.29 is 19.4 Å². The van der Waals surface area contributed by atoms with Gasteiger partial charge >= 0.3 is 6.03 Å². The first-order valence-electron chi connectivity index (χ1n) is 11.3. The van der Waals surface area contributed by atoms with Crippen LogP contribution in [-0.4, -0.2) is 45.1 Å². The zero-order chi connectivity index (χ0) is 25.1. The summed E-state index contributed by atoms with van der Waals surface area (Å²) in [6.45, 7) is 4.17. The summed E-state index contributed by atoms with van der Waals surface area (Å²) in [6, 6.07) is 10.8. The number of aromatic nitrogens is 2. The van der Waals surface area contributed by atoms with E-state index in [1.165, 1.54) is 4.90 Å². The molecule has 1 saturated heterocycles. The number of imide groups is 1. The van der Waals surface area contributed by atoms with Crippen molar-refractivity contribution in [1.82, 2.24) is 20.2 Å². The van der Waals surface area contributed by atoms with Crippen molar-refractivity contribution in [2.45, 2.75) is 32.4 Å². The van der Waals surface area contributed by atoms with Crippen LogP contribution in [0, 0.1) is 9.49 Å². The molecule has 1 aromatic heterocycles. The number of carbonyl (C=O) groups is 2. The van der Waals surface area contributed by atoms with Gasteiger partial charge in [-0.15, -0.1) is 0 Å². The Morgan fingerprint density at radius 3 is 2.60 bits per heavy atom. The van der Waals surface area contributed by atoms with Crippen LogP contribution in [0.25, 0.3) is 11.3 Å². The molecule has 3 N–H and O–H groups in total. The number of benzene rings is 2. The Labute approximate surface area is 222 Å².